The molecule has 2 fully saturated rings. The van der Waals surface area contributed by atoms with Crippen molar-refractivity contribution in [1.29, 1.82) is 0 Å². The van der Waals surface area contributed by atoms with Crippen molar-refractivity contribution in [3.63, 3.8) is 0 Å². The molecule has 14 nitrogen and oxygen atoms in total. The highest BCUT2D eigenvalue weighted by atomic mass is 17.2. The maximum absolute atomic E-state index is 13.3. The second-order valence-electron chi connectivity index (χ2n) is 14.5. The second-order valence-corrected chi connectivity index (χ2v) is 14.5. The lowest BCUT2D eigenvalue weighted by atomic mass is 9.72. The van der Waals surface area contributed by atoms with Gasteiger partial charge in [0.15, 0.2) is 16.8 Å². The zero-order chi connectivity index (χ0) is 35.4. The second kappa shape index (κ2) is 13.5. The number of hydrogen-bond acceptors (Lipinski definition) is 13. The number of nitrogens with one attached hydrogen (secondary N) is 1. The molecule has 4 aliphatic heterocycles. The van der Waals surface area contributed by atoms with E-state index in [4.69, 9.17) is 24.0 Å². The van der Waals surface area contributed by atoms with Gasteiger partial charge in [-0.15, -0.1) is 0 Å². The number of aliphatic imine (C=N–C) groups is 1. The van der Waals surface area contributed by atoms with Crippen LogP contribution in [-0.2, 0) is 21.0 Å². The fraction of sp³-hybridized carbons (Fsp3) is 0.583. The van der Waals surface area contributed by atoms with Crippen molar-refractivity contribution in [2.75, 3.05) is 31.2 Å². The van der Waals surface area contributed by atoms with Crippen molar-refractivity contribution in [2.24, 2.45) is 16.3 Å². The van der Waals surface area contributed by atoms with Crippen LogP contribution in [0.5, 0.6) is 5.75 Å². The zero-order valence-electron chi connectivity index (χ0n) is 28.2. The Labute approximate surface area is 288 Å². The first-order valence-corrected chi connectivity index (χ1v) is 17.3. The Hall–Kier alpha value is -3.63. The van der Waals surface area contributed by atoms with Crippen LogP contribution in [0.2, 0.25) is 0 Å². The molecule has 5 heterocycles. The number of aliphatic hydroxyl groups is 5. The van der Waals surface area contributed by atoms with Crippen LogP contribution in [0, 0.1) is 18.3 Å². The molecule has 1 aliphatic carbocycles. The maximum atomic E-state index is 13.3. The number of ether oxygens (including phenoxy) is 1. The van der Waals surface area contributed by atoms with E-state index in [-0.39, 0.29) is 23.7 Å². The summed E-state index contributed by atoms with van der Waals surface area (Å²) in [7, 11) is 0. The standard InChI is InChI=1S/C36H45N3O11/c1-19-11-25(41)23-12-21-13-28(50-47-18-27(43)31(45)30(44)26(42)17-40)35(2,9-5-22-14-38-34(46)36(22)7-3-4-8-36)49-32(21)29(33(23)48-19)39-15-20-6-10-37-24(20)16-39/h6,10-12,15,22,26-28,30-31,40,42-45H,3-5,7-9,13-14,16-18H2,1-2H3,(H,38,46). The molecule has 1 aromatic heterocycles. The average Bonchev–Trinajstić information content (AvgIpc) is 3.89. The van der Waals surface area contributed by atoms with Crippen LogP contribution in [0.15, 0.2) is 50.4 Å². The molecule has 270 valence electrons. The Morgan fingerprint density at radius 2 is 1.88 bits per heavy atom. The molecular formula is C36H45N3O11. The van der Waals surface area contributed by atoms with Crippen LogP contribution >= 0.6 is 0 Å². The van der Waals surface area contributed by atoms with Crippen molar-refractivity contribution >= 4 is 28.3 Å². The fourth-order valence-corrected chi connectivity index (χ4v) is 8.27. The minimum Gasteiger partial charge on any atom is -0.482 e. The van der Waals surface area contributed by atoms with Crippen LogP contribution in [0.25, 0.3) is 11.0 Å². The van der Waals surface area contributed by atoms with Crippen molar-refractivity contribution in [3.8, 4) is 5.75 Å². The molecule has 1 spiro atoms. The van der Waals surface area contributed by atoms with E-state index in [0.29, 0.717) is 59.7 Å². The van der Waals surface area contributed by atoms with Crippen LogP contribution < -0.4 is 20.4 Å². The van der Waals surface area contributed by atoms with Gasteiger partial charge >= 0.3 is 0 Å². The van der Waals surface area contributed by atoms with Gasteiger partial charge in [-0.05, 0) is 57.6 Å². The Balaban J connectivity index is 1.22. The lowest BCUT2D eigenvalue weighted by Crippen LogP contribution is -2.52. The van der Waals surface area contributed by atoms with Crippen LogP contribution in [0.4, 0.5) is 5.69 Å². The molecule has 6 N–H and O–H groups in total. The first kappa shape index (κ1) is 34.8. The van der Waals surface area contributed by atoms with E-state index in [9.17, 15) is 30.0 Å². The number of fused-ring (bicyclic) bond motifs is 3. The molecule has 50 heavy (non-hydrogen) atoms. The Bertz CT molecular complexity index is 1800. The minimum absolute atomic E-state index is 0.0986. The fourth-order valence-electron chi connectivity index (χ4n) is 8.27. The molecule has 1 saturated carbocycles. The predicted molar refractivity (Wildman–Crippen MR) is 181 cm³/mol. The Morgan fingerprint density at radius 1 is 1.12 bits per heavy atom. The van der Waals surface area contributed by atoms with E-state index >= 15 is 0 Å². The Kier molecular flexibility index (Phi) is 9.39. The molecule has 0 radical (unpaired) electrons. The van der Waals surface area contributed by atoms with Crippen molar-refractivity contribution in [2.45, 2.75) is 94.9 Å². The Morgan fingerprint density at radius 3 is 2.62 bits per heavy atom. The third-order valence-electron chi connectivity index (χ3n) is 11.3. The molecule has 7 atom stereocenters. The highest BCUT2D eigenvalue weighted by Gasteiger charge is 2.53. The van der Waals surface area contributed by atoms with Crippen LogP contribution in [-0.4, -0.2) is 99.6 Å². The van der Waals surface area contributed by atoms with Gasteiger partial charge in [-0.1, -0.05) is 12.8 Å². The van der Waals surface area contributed by atoms with Gasteiger partial charge in [-0.3, -0.25) is 14.6 Å². The number of aliphatic hydroxyl groups excluding tert-OH is 5. The number of carbonyl (C=O) groups is 1. The molecule has 1 aromatic carbocycles. The van der Waals surface area contributed by atoms with E-state index in [1.807, 2.05) is 24.1 Å². The summed E-state index contributed by atoms with van der Waals surface area (Å²) in [6.07, 6.45) is 2.98. The number of nitrogens with zero attached hydrogens (tertiary/aromatic N) is 2. The average molecular weight is 696 g/mol. The molecule has 7 rings (SSSR count). The monoisotopic (exact) mass is 695 g/mol. The number of hydrogen-bond donors (Lipinski definition) is 6. The van der Waals surface area contributed by atoms with E-state index in [1.165, 1.54) is 6.07 Å². The number of anilines is 1. The van der Waals surface area contributed by atoms with Gasteiger partial charge in [-0.2, -0.15) is 0 Å². The molecule has 2 aromatic rings. The van der Waals surface area contributed by atoms with E-state index < -0.39 is 54.7 Å². The van der Waals surface area contributed by atoms with Crippen LogP contribution in [0.3, 0.4) is 0 Å². The zero-order valence-corrected chi connectivity index (χ0v) is 28.2. The van der Waals surface area contributed by atoms with E-state index in [2.05, 4.69) is 10.3 Å². The van der Waals surface area contributed by atoms with E-state index in [1.54, 1.807) is 19.2 Å². The molecule has 5 aliphatic rings. The highest BCUT2D eigenvalue weighted by molar-refractivity contribution is 6.12. The van der Waals surface area contributed by atoms with Crippen LogP contribution in [0.1, 0.15) is 56.8 Å². The van der Waals surface area contributed by atoms with Gasteiger partial charge in [0.05, 0.1) is 29.7 Å². The van der Waals surface area contributed by atoms with Gasteiger partial charge < -0.3 is 44.9 Å². The molecule has 1 amide bonds. The number of rotatable bonds is 12. The number of allylic oxidation sites excluding steroid dienone is 1. The summed E-state index contributed by atoms with van der Waals surface area (Å²) in [5.74, 6) is 1.20. The largest absolute Gasteiger partial charge is 0.482 e. The summed E-state index contributed by atoms with van der Waals surface area (Å²) >= 11 is 0. The molecule has 7 unspecified atom stereocenters. The first-order valence-electron chi connectivity index (χ1n) is 17.3. The normalized spacial score (nSPS) is 27.5. The predicted octanol–water partition coefficient (Wildman–Crippen LogP) is 1.31. The van der Waals surface area contributed by atoms with Gasteiger partial charge in [-0.25, -0.2) is 9.78 Å². The topological polar surface area (TPSA) is 204 Å². The lowest BCUT2D eigenvalue weighted by molar-refractivity contribution is -0.360. The quantitative estimate of drug-likeness (QED) is 0.137. The summed E-state index contributed by atoms with van der Waals surface area (Å²) in [4.78, 5) is 44.3. The summed E-state index contributed by atoms with van der Waals surface area (Å²) in [6, 6.07) is 3.19. The molecule has 14 heteroatoms. The van der Waals surface area contributed by atoms with Gasteiger partial charge in [0.2, 0.25) is 5.91 Å². The number of benzene rings is 1. The maximum Gasteiger partial charge on any atom is 0.226 e. The van der Waals surface area contributed by atoms with Crippen molar-refractivity contribution in [1.82, 2.24) is 5.32 Å². The number of aryl methyl sites for hydroxylation is 1. The summed E-state index contributed by atoms with van der Waals surface area (Å²) in [5, 5.41) is 53.1. The van der Waals surface area contributed by atoms with E-state index in [0.717, 1.165) is 37.0 Å². The SMILES string of the molecule is Cc1cc(=O)c2cc3c(c(N4C=C5C=CN=C5C4)c2o1)OC(C)(CCC1CNC(=O)C12CCCC2)C(OOCC(O)C(O)C(O)C(O)CO)C3. The highest BCUT2D eigenvalue weighted by Crippen LogP contribution is 2.52. The minimum atomic E-state index is -1.82. The number of carbonyl (C=O) groups excluding carboxylic acids is 1. The summed E-state index contributed by atoms with van der Waals surface area (Å²) < 4.78 is 13.2. The first-order chi connectivity index (χ1) is 23.9. The smallest absolute Gasteiger partial charge is 0.226 e. The molecular weight excluding hydrogens is 650 g/mol. The van der Waals surface area contributed by atoms with Gasteiger partial charge in [0.25, 0.3) is 0 Å². The third kappa shape index (κ3) is 6.06. The summed E-state index contributed by atoms with van der Waals surface area (Å²) in [5.41, 5.74) is 1.86. The molecule has 0 bridgehead atoms. The third-order valence-corrected chi connectivity index (χ3v) is 11.3. The summed E-state index contributed by atoms with van der Waals surface area (Å²) in [6.45, 7) is 3.29. The molecule has 1 saturated heterocycles. The van der Waals surface area contributed by atoms with Crippen molar-refractivity contribution < 1.29 is 49.3 Å². The van der Waals surface area contributed by atoms with Gasteiger partial charge in [0.1, 0.15) is 54.2 Å². The van der Waals surface area contributed by atoms with Gasteiger partial charge in [0, 0.05) is 42.6 Å². The lowest BCUT2D eigenvalue weighted by Gasteiger charge is -2.43. The number of amides is 1. The van der Waals surface area contributed by atoms with Crippen molar-refractivity contribution in [3.05, 3.63) is 57.7 Å².